The molecule has 0 bridgehead atoms. The van der Waals surface area contributed by atoms with Gasteiger partial charge >= 0.3 is 11.8 Å². The third-order valence-electron chi connectivity index (χ3n) is 7.25. The number of methoxy groups -OCH3 is 1. The summed E-state index contributed by atoms with van der Waals surface area (Å²) in [6.45, 7) is 11.5. The van der Waals surface area contributed by atoms with Crippen LogP contribution in [0.15, 0.2) is 64.6 Å². The molecule has 0 spiro atoms. The molecule has 0 aliphatic rings. The molecule has 230 valence electrons. The molecule has 3 heterocycles. The number of fused-ring (bicyclic) bond motifs is 1. The van der Waals surface area contributed by atoms with E-state index in [2.05, 4.69) is 10.3 Å². The maximum atomic E-state index is 14.1. The van der Waals surface area contributed by atoms with Gasteiger partial charge in [-0.05, 0) is 82.0 Å². The highest BCUT2D eigenvalue weighted by molar-refractivity contribution is 7.22. The Morgan fingerprint density at radius 2 is 1.80 bits per heavy atom. The minimum Gasteiger partial charge on any atom is -0.495 e. The predicted molar refractivity (Wildman–Crippen MR) is 174 cm³/mol. The number of benzene rings is 2. The van der Waals surface area contributed by atoms with E-state index in [1.54, 1.807) is 50.9 Å². The third kappa shape index (κ3) is 6.05. The average Bonchev–Trinajstić information content (AvgIpc) is 3.57. The summed E-state index contributed by atoms with van der Waals surface area (Å²) in [5.74, 6) is 0.643. The van der Waals surface area contributed by atoms with Gasteiger partial charge in [0, 0.05) is 24.2 Å². The van der Waals surface area contributed by atoms with Gasteiger partial charge < -0.3 is 19.4 Å². The van der Waals surface area contributed by atoms with Crippen LogP contribution in [0.3, 0.4) is 0 Å². The van der Waals surface area contributed by atoms with Gasteiger partial charge in [0.25, 0.3) is 5.56 Å². The summed E-state index contributed by atoms with van der Waals surface area (Å²) < 4.78 is 15.8. The van der Waals surface area contributed by atoms with E-state index in [1.807, 2.05) is 61.9 Å². The van der Waals surface area contributed by atoms with Gasteiger partial charge in [0.1, 0.15) is 16.2 Å². The van der Waals surface area contributed by atoms with E-state index >= 15 is 0 Å². The molecule has 2 aromatic carbocycles. The second-order valence-corrected chi connectivity index (χ2v) is 12.6. The van der Waals surface area contributed by atoms with E-state index in [0.717, 1.165) is 39.4 Å². The molecule has 5 rings (SSSR count). The standard InChI is InChI=1S/C33H37N5O5S/c1-8-22-9-12-24(13-10-22)38-29(39)27-21(3)28(23-11-14-25(26(17-23)42-7)36-18-20(2)35-19-36)44-30(27)37(32(38)41)16-15-34-31(40)43-33(4,5)6/h9-14,17-19H,8,15-16H2,1-7H3,(H,34,40). The molecule has 5 aromatic rings. The summed E-state index contributed by atoms with van der Waals surface area (Å²) in [6.07, 6.45) is 3.91. The van der Waals surface area contributed by atoms with Crippen LogP contribution in [0.4, 0.5) is 4.79 Å². The van der Waals surface area contributed by atoms with Crippen molar-refractivity contribution in [3.8, 4) is 27.6 Å². The minimum absolute atomic E-state index is 0.135. The Balaban J connectivity index is 1.65. The molecule has 0 aliphatic carbocycles. The lowest BCUT2D eigenvalue weighted by atomic mass is 10.1. The second kappa shape index (κ2) is 12.2. The number of hydrogen-bond donors (Lipinski definition) is 1. The van der Waals surface area contributed by atoms with Crippen molar-refractivity contribution < 1.29 is 14.3 Å². The van der Waals surface area contributed by atoms with Gasteiger partial charge in [0.15, 0.2) is 0 Å². The van der Waals surface area contributed by atoms with Crippen molar-refractivity contribution in [2.75, 3.05) is 13.7 Å². The fourth-order valence-corrected chi connectivity index (χ4v) is 6.41. The lowest BCUT2D eigenvalue weighted by Gasteiger charge is -2.20. The SMILES string of the molecule is CCc1ccc(-n2c(=O)c3c(C)c(-c4ccc(-n5cnc(C)c5)c(OC)c4)sc3n(CCNC(=O)OC(C)(C)C)c2=O)cc1. The van der Waals surface area contributed by atoms with Gasteiger partial charge in [-0.1, -0.05) is 25.1 Å². The number of hydrogen-bond acceptors (Lipinski definition) is 7. The highest BCUT2D eigenvalue weighted by Crippen LogP contribution is 2.39. The molecule has 44 heavy (non-hydrogen) atoms. The lowest BCUT2D eigenvalue weighted by Crippen LogP contribution is -2.41. The first-order valence-corrected chi connectivity index (χ1v) is 15.3. The van der Waals surface area contributed by atoms with Crippen LogP contribution in [0.25, 0.3) is 32.0 Å². The first-order chi connectivity index (χ1) is 20.9. The van der Waals surface area contributed by atoms with Crippen molar-refractivity contribution in [1.82, 2.24) is 24.0 Å². The number of rotatable bonds is 8. The van der Waals surface area contributed by atoms with Crippen LogP contribution in [0.5, 0.6) is 5.75 Å². The van der Waals surface area contributed by atoms with Crippen molar-refractivity contribution in [3.63, 3.8) is 0 Å². The second-order valence-electron chi connectivity index (χ2n) is 11.6. The zero-order chi connectivity index (χ0) is 31.8. The Morgan fingerprint density at radius 3 is 2.41 bits per heavy atom. The number of carbonyl (C=O) groups excluding carboxylic acids is 1. The molecule has 3 aromatic heterocycles. The molecule has 0 atom stereocenters. The van der Waals surface area contributed by atoms with Crippen LogP contribution in [0.2, 0.25) is 0 Å². The molecule has 0 unspecified atom stereocenters. The van der Waals surface area contributed by atoms with Crippen molar-refractivity contribution in [2.45, 2.75) is 60.1 Å². The normalized spacial score (nSPS) is 11.6. The molecule has 0 fully saturated rings. The summed E-state index contributed by atoms with van der Waals surface area (Å²) in [4.78, 5) is 46.1. The van der Waals surface area contributed by atoms with Crippen LogP contribution in [0.1, 0.15) is 44.5 Å². The summed E-state index contributed by atoms with van der Waals surface area (Å²) >= 11 is 1.37. The number of nitrogens with one attached hydrogen (secondary N) is 1. The number of ether oxygens (including phenoxy) is 2. The van der Waals surface area contributed by atoms with Gasteiger partial charge in [0.05, 0.1) is 35.9 Å². The van der Waals surface area contributed by atoms with Crippen molar-refractivity contribution in [1.29, 1.82) is 0 Å². The Bertz CT molecular complexity index is 1960. The molecule has 0 radical (unpaired) electrons. The van der Waals surface area contributed by atoms with Gasteiger partial charge in [-0.15, -0.1) is 11.3 Å². The number of carbonyl (C=O) groups is 1. The number of alkyl carbamates (subject to hydrolysis) is 1. The molecule has 0 saturated carbocycles. The highest BCUT2D eigenvalue weighted by Gasteiger charge is 2.23. The zero-order valence-electron chi connectivity index (χ0n) is 26.1. The van der Waals surface area contributed by atoms with Crippen molar-refractivity contribution in [3.05, 3.63) is 92.6 Å². The van der Waals surface area contributed by atoms with Gasteiger partial charge in [-0.3, -0.25) is 9.36 Å². The molecule has 0 aliphatic heterocycles. The average molecular weight is 616 g/mol. The van der Waals surface area contributed by atoms with Crippen molar-refractivity contribution in [2.24, 2.45) is 0 Å². The minimum atomic E-state index is -0.654. The number of imidazole rings is 1. The quantitative estimate of drug-likeness (QED) is 0.237. The third-order valence-corrected chi connectivity index (χ3v) is 8.61. The maximum absolute atomic E-state index is 14.1. The summed E-state index contributed by atoms with van der Waals surface area (Å²) in [5, 5.41) is 3.19. The van der Waals surface area contributed by atoms with Crippen LogP contribution >= 0.6 is 11.3 Å². The summed E-state index contributed by atoms with van der Waals surface area (Å²) in [7, 11) is 1.61. The van der Waals surface area contributed by atoms with Crippen molar-refractivity contribution >= 4 is 27.6 Å². The van der Waals surface area contributed by atoms with E-state index < -0.39 is 17.4 Å². The molecule has 0 saturated heterocycles. The largest absolute Gasteiger partial charge is 0.495 e. The van der Waals surface area contributed by atoms with E-state index in [4.69, 9.17) is 9.47 Å². The smallest absolute Gasteiger partial charge is 0.407 e. The summed E-state index contributed by atoms with van der Waals surface area (Å²) in [6, 6.07) is 13.3. The maximum Gasteiger partial charge on any atom is 0.407 e. The van der Waals surface area contributed by atoms with Gasteiger partial charge in [-0.2, -0.15) is 0 Å². The number of nitrogens with zero attached hydrogens (tertiary/aromatic N) is 4. The number of thiophene rings is 1. The molecular formula is C33H37N5O5S. The molecule has 1 amide bonds. The molecular weight excluding hydrogens is 578 g/mol. The highest BCUT2D eigenvalue weighted by atomic mass is 32.1. The van der Waals surface area contributed by atoms with Crippen LogP contribution in [-0.4, -0.2) is 44.0 Å². The summed E-state index contributed by atoms with van der Waals surface area (Å²) in [5.41, 5.74) is 3.40. The number of aryl methyl sites for hydroxylation is 3. The Kier molecular flexibility index (Phi) is 8.51. The molecule has 10 nitrogen and oxygen atoms in total. The van der Waals surface area contributed by atoms with E-state index in [1.165, 1.54) is 15.9 Å². The van der Waals surface area contributed by atoms with Crippen LogP contribution in [-0.2, 0) is 17.7 Å². The van der Waals surface area contributed by atoms with E-state index in [0.29, 0.717) is 21.7 Å². The molecule has 11 heteroatoms. The Labute approximate surface area is 259 Å². The zero-order valence-corrected chi connectivity index (χ0v) is 26.9. The fourth-order valence-electron chi connectivity index (χ4n) is 5.10. The predicted octanol–water partition coefficient (Wildman–Crippen LogP) is 5.78. The van der Waals surface area contributed by atoms with Gasteiger partial charge in [0.2, 0.25) is 0 Å². The molecule has 1 N–H and O–H groups in total. The van der Waals surface area contributed by atoms with Crippen LogP contribution in [0, 0.1) is 13.8 Å². The Morgan fingerprint density at radius 1 is 1.07 bits per heavy atom. The van der Waals surface area contributed by atoms with Gasteiger partial charge in [-0.25, -0.2) is 19.1 Å². The van der Waals surface area contributed by atoms with E-state index in [9.17, 15) is 14.4 Å². The van der Waals surface area contributed by atoms with Crippen LogP contribution < -0.4 is 21.3 Å². The number of aromatic nitrogens is 4. The Hall–Kier alpha value is -4.64. The monoisotopic (exact) mass is 615 g/mol. The number of amides is 1. The fraction of sp³-hybridized carbons (Fsp3) is 0.333. The topological polar surface area (TPSA) is 109 Å². The first kappa shape index (κ1) is 30.8. The van der Waals surface area contributed by atoms with E-state index in [-0.39, 0.29) is 18.6 Å². The lowest BCUT2D eigenvalue weighted by molar-refractivity contribution is 0.0526. The first-order valence-electron chi connectivity index (χ1n) is 14.5.